The molecule has 342 valence electrons. The van der Waals surface area contributed by atoms with E-state index in [9.17, 15) is 80.0 Å². The molecule has 0 radical (unpaired) electrons. The van der Waals surface area contributed by atoms with Gasteiger partial charge in [0.2, 0.25) is 5.79 Å². The van der Waals surface area contributed by atoms with Gasteiger partial charge in [-0.15, -0.1) is 13.2 Å². The van der Waals surface area contributed by atoms with E-state index >= 15 is 0 Å². The number of hydrogen-bond acceptors (Lipinski definition) is 19. The summed E-state index contributed by atoms with van der Waals surface area (Å²) in [6, 6.07) is 6.55. The summed E-state index contributed by atoms with van der Waals surface area (Å²) in [5, 5.41) is 137. The van der Waals surface area contributed by atoms with Gasteiger partial charge in [0.1, 0.15) is 18.2 Å². The van der Waals surface area contributed by atoms with E-state index in [1.807, 2.05) is 20.8 Å². The van der Waals surface area contributed by atoms with Crippen LogP contribution in [0.5, 0.6) is 0 Å². The number of likely N-dealkylation sites (tertiary alicyclic amines) is 1. The maximum atomic E-state index is 14.6. The number of nitrogens with one attached hydrogen (secondary N) is 2. The normalized spacial score (nSPS) is 31.5. The fourth-order valence-electron chi connectivity index (χ4n) is 8.13. The van der Waals surface area contributed by atoms with Crippen molar-refractivity contribution in [3.63, 3.8) is 0 Å². The summed E-state index contributed by atoms with van der Waals surface area (Å²) in [6.45, 7) is 17.6. The number of aliphatic hydroxyl groups excluding tert-OH is 1. The number of benzene rings is 1. The molecule has 10 atom stereocenters. The highest BCUT2D eigenvalue weighted by molar-refractivity contribution is 5.80. The Balaban J connectivity index is 0.00000291. The first-order chi connectivity index (χ1) is 26.9. The van der Waals surface area contributed by atoms with Gasteiger partial charge in [0, 0.05) is 31.6 Å². The minimum absolute atomic E-state index is 0.0577. The van der Waals surface area contributed by atoms with Crippen LogP contribution in [0.3, 0.4) is 0 Å². The monoisotopic (exact) mass is 857 g/mol. The van der Waals surface area contributed by atoms with Crippen LogP contribution in [-0.2, 0) is 16.1 Å². The van der Waals surface area contributed by atoms with Crippen molar-refractivity contribution in [1.82, 2.24) is 25.7 Å². The molecule has 2 aliphatic heterocycles. The summed E-state index contributed by atoms with van der Waals surface area (Å²) in [4.78, 5) is 21.9. The molecule has 3 aliphatic rings. The highest BCUT2D eigenvalue weighted by Gasteiger charge is 2.84. The molecule has 15 N–H and O–H groups in total. The van der Waals surface area contributed by atoms with Gasteiger partial charge in [-0.2, -0.15) is 8.78 Å². The second-order valence-electron chi connectivity index (χ2n) is 15.6. The number of halogens is 2. The molecule has 0 aromatic heterocycles. The van der Waals surface area contributed by atoms with Crippen molar-refractivity contribution in [2.24, 2.45) is 17.8 Å². The van der Waals surface area contributed by atoms with Crippen LogP contribution in [0.4, 0.5) is 8.78 Å². The van der Waals surface area contributed by atoms with Crippen LogP contribution in [0.15, 0.2) is 43.5 Å². The molecule has 3 fully saturated rings. The number of hydrogen-bond donors (Lipinski definition) is 15. The lowest BCUT2D eigenvalue weighted by atomic mass is 9.70. The van der Waals surface area contributed by atoms with Crippen molar-refractivity contribution in [2.75, 3.05) is 7.05 Å². The molecule has 4 rings (SSSR count). The van der Waals surface area contributed by atoms with Crippen molar-refractivity contribution in [3.05, 3.63) is 49.1 Å². The average molecular weight is 858 g/mol. The number of rotatable bonds is 13. The summed E-state index contributed by atoms with van der Waals surface area (Å²) in [5.74, 6) is -35.2. The lowest BCUT2D eigenvalue weighted by molar-refractivity contribution is -0.517. The highest BCUT2D eigenvalue weighted by atomic mass is 19.3. The van der Waals surface area contributed by atoms with Crippen LogP contribution in [-0.4, -0.2) is 172 Å². The van der Waals surface area contributed by atoms with Gasteiger partial charge >= 0.3 is 5.92 Å². The Morgan fingerprint density at radius 2 is 1.51 bits per heavy atom. The number of carbonyl (C=O) groups excluding carboxylic acids is 1. The molecule has 1 amide bonds. The molecule has 2 saturated heterocycles. The Hall–Kier alpha value is -2.43. The van der Waals surface area contributed by atoms with Crippen LogP contribution < -0.4 is 10.9 Å². The Bertz CT molecular complexity index is 1520. The van der Waals surface area contributed by atoms with Crippen molar-refractivity contribution in [2.45, 2.75) is 152 Å². The Morgan fingerprint density at radius 3 is 2.00 bits per heavy atom. The summed E-state index contributed by atoms with van der Waals surface area (Å²) in [6.07, 6.45) is -5.73. The van der Waals surface area contributed by atoms with E-state index in [4.69, 9.17) is 4.84 Å². The molecule has 0 spiro atoms. The number of hydroxylamine groups is 1. The zero-order chi connectivity index (χ0) is 46.1. The first-order valence-corrected chi connectivity index (χ1v) is 19.2. The van der Waals surface area contributed by atoms with Crippen molar-refractivity contribution in [1.29, 1.82) is 0 Å². The largest absolute Gasteiger partial charge is 0.386 e. The van der Waals surface area contributed by atoms with Crippen molar-refractivity contribution < 1.29 is 84.8 Å². The smallest absolute Gasteiger partial charge is 0.360 e. The lowest BCUT2D eigenvalue weighted by Gasteiger charge is -2.54. The molecule has 2 heterocycles. The van der Waals surface area contributed by atoms with E-state index < -0.39 is 95.3 Å². The minimum Gasteiger partial charge on any atom is -0.386 e. The standard InChI is InChI=1S/C33H55F2N5O15.C2H6.C2H4/c1-16-14-21(15-17(2)39-25(18(3)31(50,51)52)38(6)36-26(39)27(5,43)44)40(19(16)4)28(45,13-12-20-10-8-7-9-11-20)55-37-24(42)22-23(41)30(48,49)32(34,35)33(53,54)29(22,46)47;2*1-2/h7-11,16-19,21-23,25-26,36,41,43-54H,12-15H2,1-6H3,(H,37,42);1-2H3;1-2H2. The number of aliphatic hydroxyl groups is 13. The second-order valence-corrected chi connectivity index (χ2v) is 15.6. The van der Waals surface area contributed by atoms with E-state index in [-0.39, 0.29) is 25.2 Å². The molecular formula is C37H65F2N5O15. The van der Waals surface area contributed by atoms with E-state index in [0.29, 0.717) is 12.0 Å². The number of carbonyl (C=O) groups is 1. The van der Waals surface area contributed by atoms with E-state index in [1.54, 1.807) is 49.7 Å². The maximum absolute atomic E-state index is 14.6. The number of aryl methyl sites for hydroxylation is 1. The van der Waals surface area contributed by atoms with Gasteiger partial charge in [-0.05, 0) is 51.5 Å². The number of amides is 1. The quantitative estimate of drug-likeness (QED) is 0.0536. The number of nitrogens with zero attached hydrogens (tertiary/aromatic N) is 3. The summed E-state index contributed by atoms with van der Waals surface area (Å²) in [5.41, 5.74) is 5.18. The Labute approximate surface area is 341 Å². The van der Waals surface area contributed by atoms with Gasteiger partial charge in [-0.3, -0.25) is 9.69 Å². The highest BCUT2D eigenvalue weighted by Crippen LogP contribution is 2.52. The number of hydrazine groups is 1. The molecule has 1 aromatic rings. The summed E-state index contributed by atoms with van der Waals surface area (Å²) in [7, 11) is 1.48. The van der Waals surface area contributed by atoms with E-state index in [0.717, 1.165) is 6.92 Å². The summed E-state index contributed by atoms with van der Waals surface area (Å²) < 4.78 is 29.2. The van der Waals surface area contributed by atoms with Crippen LogP contribution in [0.1, 0.15) is 73.3 Å². The predicted molar refractivity (Wildman–Crippen MR) is 202 cm³/mol. The van der Waals surface area contributed by atoms with Gasteiger partial charge in [-0.25, -0.2) is 25.7 Å². The molecule has 0 bridgehead atoms. The molecule has 10 unspecified atom stereocenters. The van der Waals surface area contributed by atoms with Gasteiger partial charge in [0.15, 0.2) is 5.79 Å². The van der Waals surface area contributed by atoms with Gasteiger partial charge in [0.25, 0.3) is 29.4 Å². The van der Waals surface area contributed by atoms with Crippen molar-refractivity contribution >= 4 is 5.91 Å². The van der Waals surface area contributed by atoms with E-state index in [1.165, 1.54) is 28.8 Å². The summed E-state index contributed by atoms with van der Waals surface area (Å²) >= 11 is 0. The van der Waals surface area contributed by atoms with Crippen LogP contribution in [0.2, 0.25) is 0 Å². The predicted octanol–water partition coefficient (Wildman–Crippen LogP) is -2.94. The van der Waals surface area contributed by atoms with Gasteiger partial charge in [0.05, 0.1) is 12.1 Å². The molecule has 20 nitrogen and oxygen atoms in total. The topological polar surface area (TPSA) is 323 Å². The van der Waals surface area contributed by atoms with Crippen molar-refractivity contribution in [3.8, 4) is 0 Å². The maximum Gasteiger partial charge on any atom is 0.360 e. The Morgan fingerprint density at radius 1 is 0.983 bits per heavy atom. The molecule has 1 aromatic carbocycles. The third kappa shape index (κ3) is 9.95. The first-order valence-electron chi connectivity index (χ1n) is 19.2. The zero-order valence-electron chi connectivity index (χ0n) is 34.6. The lowest BCUT2D eigenvalue weighted by Crippen LogP contribution is -2.84. The van der Waals surface area contributed by atoms with Crippen LogP contribution in [0.25, 0.3) is 0 Å². The van der Waals surface area contributed by atoms with Gasteiger partial charge < -0.3 is 66.4 Å². The molecule has 1 aliphatic carbocycles. The van der Waals surface area contributed by atoms with Crippen LogP contribution in [0, 0.1) is 17.8 Å². The SMILES string of the molecule is C=C.CC.CC1CC(CC(C)N2C(C(C)C(O)(O)O)N(C)NC2C(C)(O)O)N(C(O)(CCc2ccccc2)ONC(=O)C2C(O)C(O)(O)C(F)(F)C(O)(O)C2(O)O)C1C. The fraction of sp³-hybridized carbons (Fsp3) is 0.757. The molecule has 1 saturated carbocycles. The second kappa shape index (κ2) is 18.9. The average Bonchev–Trinajstić information content (AvgIpc) is 3.65. The molecular weight excluding hydrogens is 792 g/mol. The van der Waals surface area contributed by atoms with Crippen LogP contribution >= 0.6 is 0 Å². The number of alkyl halides is 2. The third-order valence-corrected chi connectivity index (χ3v) is 11.5. The third-order valence-electron chi connectivity index (χ3n) is 11.5. The Kier molecular flexibility index (Phi) is 16.9. The minimum atomic E-state index is -5.63. The molecule has 59 heavy (non-hydrogen) atoms. The first kappa shape index (κ1) is 52.7. The zero-order valence-corrected chi connectivity index (χ0v) is 34.6. The fourth-order valence-corrected chi connectivity index (χ4v) is 8.13. The van der Waals surface area contributed by atoms with E-state index in [2.05, 4.69) is 18.6 Å². The van der Waals surface area contributed by atoms with Gasteiger partial charge in [-0.1, -0.05) is 58.0 Å². The molecule has 22 heteroatoms.